The minimum absolute atomic E-state index is 0.264. The maximum absolute atomic E-state index is 2.73. The van der Waals surface area contributed by atoms with Crippen molar-refractivity contribution < 1.29 is 0 Å². The lowest BCUT2D eigenvalue weighted by atomic mass is 9.94. The molecule has 0 atom stereocenters. The van der Waals surface area contributed by atoms with Crippen molar-refractivity contribution in [2.75, 3.05) is 22.7 Å². The van der Waals surface area contributed by atoms with Gasteiger partial charge in [-0.25, -0.2) is 8.67 Å². The molecule has 0 N–H and O–H groups in total. The lowest BCUT2D eigenvalue weighted by Gasteiger charge is -2.47. The summed E-state index contributed by atoms with van der Waals surface area (Å²) in [6.45, 7) is 15.9. The topological polar surface area (TPSA) is 6.48 Å². The maximum atomic E-state index is 2.73. The van der Waals surface area contributed by atoms with Crippen LogP contribution in [0.25, 0.3) is 0 Å². The highest BCUT2D eigenvalue weighted by Gasteiger charge is 2.37. The van der Waals surface area contributed by atoms with Crippen LogP contribution >= 0.6 is 0 Å². The fourth-order valence-electron chi connectivity index (χ4n) is 6.36. The van der Waals surface area contributed by atoms with E-state index in [1.807, 2.05) is 0 Å². The fourth-order valence-corrected chi connectivity index (χ4v) is 9.53. The predicted molar refractivity (Wildman–Crippen MR) is 160 cm³/mol. The van der Waals surface area contributed by atoms with Crippen LogP contribution in [0.5, 0.6) is 0 Å². The van der Waals surface area contributed by atoms with Gasteiger partial charge in [0.25, 0.3) is 0 Å². The zero-order valence-electron chi connectivity index (χ0n) is 22.5. The standard InChI is InChI=1S/C32H36BN2Si/c1-23-19-25(3)31(26(4)20-23)34-17-18-35(32-27(5)21-24(2)22-28(32)6)33(34)36(29-13-9-7-10-14-29)30-15-11-8-12-16-30/h7-16,19-22H,17-18H2,1-6H3/q-1. The third-order valence-electron chi connectivity index (χ3n) is 7.45. The molecule has 1 aliphatic rings. The molecule has 0 aliphatic carbocycles. The molecule has 1 aliphatic heterocycles. The fraction of sp³-hybridized carbons (Fsp3) is 0.250. The van der Waals surface area contributed by atoms with E-state index in [2.05, 4.69) is 136 Å². The van der Waals surface area contributed by atoms with Crippen molar-refractivity contribution in [3.05, 3.63) is 118 Å². The summed E-state index contributed by atoms with van der Waals surface area (Å²) in [6, 6.07) is 31.9. The first-order valence-electron chi connectivity index (χ1n) is 13.0. The van der Waals surface area contributed by atoms with E-state index in [0.717, 1.165) is 13.1 Å². The van der Waals surface area contributed by atoms with E-state index in [4.69, 9.17) is 0 Å². The minimum Gasteiger partial charge on any atom is -0.420 e. The lowest BCUT2D eigenvalue weighted by molar-refractivity contribution is 1.01. The molecule has 5 rings (SSSR count). The van der Waals surface area contributed by atoms with Gasteiger partial charge in [0.1, 0.15) is 0 Å². The Morgan fingerprint density at radius 3 is 1.19 bits per heavy atom. The van der Waals surface area contributed by atoms with Gasteiger partial charge in [0.05, 0.1) is 0 Å². The summed E-state index contributed by atoms with van der Waals surface area (Å²) in [5.41, 5.74) is 11.0. The van der Waals surface area contributed by atoms with Crippen LogP contribution in [-0.2, 0) is 0 Å². The highest BCUT2D eigenvalue weighted by atomic mass is 28.3. The Kier molecular flexibility index (Phi) is 6.81. The molecule has 0 spiro atoms. The van der Waals surface area contributed by atoms with Crippen molar-refractivity contribution in [2.45, 2.75) is 41.5 Å². The van der Waals surface area contributed by atoms with Crippen LogP contribution in [0, 0.1) is 41.5 Å². The van der Waals surface area contributed by atoms with Gasteiger partial charge in [-0.3, -0.25) is 0 Å². The van der Waals surface area contributed by atoms with Crippen LogP contribution in [0.15, 0.2) is 84.9 Å². The molecule has 182 valence electrons. The number of rotatable bonds is 5. The molecule has 0 bridgehead atoms. The molecule has 2 nitrogen and oxygen atoms in total. The van der Waals surface area contributed by atoms with E-state index in [1.165, 1.54) is 55.1 Å². The average molecular weight is 488 g/mol. The molecular weight excluding hydrogens is 451 g/mol. The molecule has 4 aromatic carbocycles. The third kappa shape index (κ3) is 4.51. The van der Waals surface area contributed by atoms with Crippen molar-refractivity contribution in [1.29, 1.82) is 0 Å². The van der Waals surface area contributed by atoms with Gasteiger partial charge in [-0.05, 0) is 63.8 Å². The van der Waals surface area contributed by atoms with Crippen LogP contribution in [0.2, 0.25) is 0 Å². The quantitative estimate of drug-likeness (QED) is 0.331. The van der Waals surface area contributed by atoms with Crippen molar-refractivity contribution in [3.63, 3.8) is 0 Å². The van der Waals surface area contributed by atoms with E-state index in [0.29, 0.717) is 0 Å². The van der Waals surface area contributed by atoms with Gasteiger partial charge < -0.3 is 9.62 Å². The normalized spacial score (nSPS) is 13.4. The predicted octanol–water partition coefficient (Wildman–Crippen LogP) is 5.74. The van der Waals surface area contributed by atoms with Gasteiger partial charge >= 0.3 is 0 Å². The summed E-state index contributed by atoms with van der Waals surface area (Å²) in [5, 5.41) is 2.92. The molecule has 0 radical (unpaired) electrons. The Morgan fingerprint density at radius 1 is 0.528 bits per heavy atom. The summed E-state index contributed by atoms with van der Waals surface area (Å²) in [7, 11) is -1.20. The summed E-state index contributed by atoms with van der Waals surface area (Å²) in [4.78, 5) is 5.47. The first-order chi connectivity index (χ1) is 17.3. The Morgan fingerprint density at radius 2 is 0.861 bits per heavy atom. The molecule has 0 amide bonds. The molecule has 4 heteroatoms. The van der Waals surface area contributed by atoms with Gasteiger partial charge in [-0.15, -0.1) is 0 Å². The number of nitrogens with zero attached hydrogens (tertiary/aromatic N) is 2. The number of hydrogen-bond acceptors (Lipinski definition) is 2. The maximum Gasteiger partial charge on any atom is 0.208 e. The number of anilines is 2. The molecule has 1 heterocycles. The molecule has 36 heavy (non-hydrogen) atoms. The largest absolute Gasteiger partial charge is 0.420 e. The van der Waals surface area contributed by atoms with Crippen LogP contribution in [0.3, 0.4) is 0 Å². The molecule has 1 saturated heterocycles. The Hall–Kier alpha value is -3.24. The molecule has 0 saturated carbocycles. The SMILES string of the molecule is Cc1cc(C)c(N2CCN(c3c(C)cc(C)cc3C)B2[Si-](c2ccccc2)c2ccccc2)c(C)c1. The van der Waals surface area contributed by atoms with Gasteiger partial charge in [0.2, 0.25) is 6.57 Å². The number of aryl methyl sites for hydroxylation is 6. The van der Waals surface area contributed by atoms with Gasteiger partial charge in [-0.1, -0.05) is 96.1 Å². The van der Waals surface area contributed by atoms with E-state index in [-0.39, 0.29) is 6.57 Å². The first-order valence-corrected chi connectivity index (χ1v) is 14.6. The number of benzene rings is 4. The zero-order valence-corrected chi connectivity index (χ0v) is 23.5. The van der Waals surface area contributed by atoms with Crippen LogP contribution in [0.1, 0.15) is 33.4 Å². The second-order valence-electron chi connectivity index (χ2n) is 10.4. The molecule has 1 fully saturated rings. The molecule has 0 unspecified atom stereocenters. The van der Waals surface area contributed by atoms with Gasteiger partial charge in [0, 0.05) is 24.5 Å². The van der Waals surface area contributed by atoms with E-state index in [1.54, 1.807) is 0 Å². The molecular formula is C32H36BN2Si-. The van der Waals surface area contributed by atoms with Gasteiger partial charge in [0.15, 0.2) is 0 Å². The van der Waals surface area contributed by atoms with Gasteiger partial charge in [-0.2, -0.15) is 10.4 Å². The van der Waals surface area contributed by atoms with Crippen LogP contribution < -0.4 is 20.0 Å². The van der Waals surface area contributed by atoms with Crippen LogP contribution in [0.4, 0.5) is 11.4 Å². The second-order valence-corrected chi connectivity index (χ2v) is 12.9. The van der Waals surface area contributed by atoms with Crippen molar-refractivity contribution >= 4 is 37.0 Å². The zero-order chi connectivity index (χ0) is 25.4. The Bertz CT molecular complexity index is 1220. The van der Waals surface area contributed by atoms with Crippen LogP contribution in [-0.4, -0.2) is 28.3 Å². The van der Waals surface area contributed by atoms with E-state index in [9.17, 15) is 0 Å². The van der Waals surface area contributed by atoms with E-state index < -0.39 is 8.67 Å². The highest BCUT2D eigenvalue weighted by Crippen LogP contribution is 2.35. The summed E-state index contributed by atoms with van der Waals surface area (Å²) >= 11 is 0. The minimum atomic E-state index is -1.20. The smallest absolute Gasteiger partial charge is 0.208 e. The van der Waals surface area contributed by atoms with E-state index >= 15 is 0 Å². The average Bonchev–Trinajstić information content (AvgIpc) is 3.23. The summed E-state index contributed by atoms with van der Waals surface area (Å²) in [6.07, 6.45) is 0. The third-order valence-corrected chi connectivity index (χ3v) is 10.5. The molecule has 4 aromatic rings. The van der Waals surface area contributed by atoms with Crippen molar-refractivity contribution in [3.8, 4) is 0 Å². The Balaban J connectivity index is 1.76. The van der Waals surface area contributed by atoms with Crippen molar-refractivity contribution in [1.82, 2.24) is 0 Å². The summed E-state index contributed by atoms with van der Waals surface area (Å²) < 4.78 is 0. The number of hydrogen-bond donors (Lipinski definition) is 0. The lowest BCUT2D eigenvalue weighted by Crippen LogP contribution is -2.66. The Labute approximate surface area is 219 Å². The first kappa shape index (κ1) is 24.5. The second kappa shape index (κ2) is 10.0. The molecule has 0 aromatic heterocycles. The highest BCUT2D eigenvalue weighted by molar-refractivity contribution is 7.35. The monoisotopic (exact) mass is 487 g/mol. The van der Waals surface area contributed by atoms with Crippen molar-refractivity contribution in [2.24, 2.45) is 0 Å². The summed E-state index contributed by atoms with van der Waals surface area (Å²) in [5.74, 6) is 0.